The minimum absolute atomic E-state index is 0.0706. The van der Waals surface area contributed by atoms with Crippen LogP contribution >= 0.6 is 11.6 Å². The van der Waals surface area contributed by atoms with Crippen molar-refractivity contribution < 1.29 is 22.5 Å². The summed E-state index contributed by atoms with van der Waals surface area (Å²) in [6.07, 6.45) is 1.17. The van der Waals surface area contributed by atoms with Crippen molar-refractivity contribution in [3.63, 3.8) is 0 Å². The van der Waals surface area contributed by atoms with Crippen molar-refractivity contribution in [1.82, 2.24) is 4.72 Å². The second-order valence-corrected chi connectivity index (χ2v) is 13.0. The van der Waals surface area contributed by atoms with E-state index < -0.39 is 26.5 Å². The van der Waals surface area contributed by atoms with E-state index in [0.717, 1.165) is 17.5 Å². The summed E-state index contributed by atoms with van der Waals surface area (Å²) < 4.78 is 50.4. The van der Waals surface area contributed by atoms with Crippen LogP contribution in [0.4, 0.5) is 5.69 Å². The molecule has 200 valence electrons. The predicted octanol–water partition coefficient (Wildman–Crippen LogP) is 4.85. The summed E-state index contributed by atoms with van der Waals surface area (Å²) in [6, 6.07) is 19.8. The van der Waals surface area contributed by atoms with Crippen molar-refractivity contribution in [1.29, 1.82) is 0 Å². The number of hydrogen-bond acceptors (Lipinski definition) is 5. The van der Waals surface area contributed by atoms with E-state index in [1.807, 2.05) is 36.4 Å². The number of aryl methyl sites for hydroxylation is 1. The number of rotatable bonds is 12. The lowest BCUT2D eigenvalue weighted by molar-refractivity contribution is 0.281. The van der Waals surface area contributed by atoms with E-state index in [-0.39, 0.29) is 22.9 Å². The summed E-state index contributed by atoms with van der Waals surface area (Å²) in [5, 5.41) is 10.0. The second-order valence-electron chi connectivity index (χ2n) is 9.58. The number of sulfonamides is 1. The Morgan fingerprint density at radius 3 is 2.38 bits per heavy atom. The van der Waals surface area contributed by atoms with Crippen LogP contribution < -0.4 is 14.2 Å². The largest absolute Gasteiger partial charge is 0.493 e. The van der Waals surface area contributed by atoms with E-state index in [2.05, 4.69) is 9.44 Å². The first-order chi connectivity index (χ1) is 17.5. The summed E-state index contributed by atoms with van der Waals surface area (Å²) >= 11 is 6.18. The zero-order chi connectivity index (χ0) is 27.1. The Bertz CT molecular complexity index is 1330. The predicted molar refractivity (Wildman–Crippen MR) is 150 cm³/mol. The molecule has 0 aliphatic rings. The lowest BCUT2D eigenvalue weighted by atomic mass is 10.1. The standard InChI is InChI=1S/C27H33ClN2O5S2/c1-27(2,3)30-37(33,34)26-17-21(19-31)9-12-24(26)29-36(32)16-14-22-10-11-23(28)18-25(22)35-15-13-20-7-5-4-6-8-20/h4-12,17-18,29-31H,13-16,19H2,1-3H3. The van der Waals surface area contributed by atoms with E-state index in [0.29, 0.717) is 29.4 Å². The fourth-order valence-corrected chi connectivity index (χ4v) is 6.39. The zero-order valence-electron chi connectivity index (χ0n) is 21.2. The zero-order valence-corrected chi connectivity index (χ0v) is 23.5. The van der Waals surface area contributed by atoms with Crippen LogP contribution in [0.2, 0.25) is 5.02 Å². The molecule has 0 aliphatic heterocycles. The molecular weight excluding hydrogens is 532 g/mol. The third-order valence-electron chi connectivity index (χ3n) is 5.26. The highest BCUT2D eigenvalue weighted by molar-refractivity contribution is 7.90. The number of ether oxygens (including phenoxy) is 1. The molecule has 0 spiro atoms. The van der Waals surface area contributed by atoms with Crippen LogP contribution in [0.3, 0.4) is 0 Å². The van der Waals surface area contributed by atoms with Crippen molar-refractivity contribution in [3.8, 4) is 5.75 Å². The van der Waals surface area contributed by atoms with Crippen molar-refractivity contribution in [3.05, 3.63) is 88.4 Å². The Balaban J connectivity index is 1.70. The molecule has 7 nitrogen and oxygen atoms in total. The molecule has 3 N–H and O–H groups in total. The van der Waals surface area contributed by atoms with Crippen molar-refractivity contribution >= 4 is 38.3 Å². The summed E-state index contributed by atoms with van der Waals surface area (Å²) in [5.41, 5.74) is 1.93. The first-order valence-corrected chi connectivity index (χ1v) is 15.0. The lowest BCUT2D eigenvalue weighted by Gasteiger charge is -2.22. The molecule has 0 bridgehead atoms. The van der Waals surface area contributed by atoms with E-state index in [1.54, 1.807) is 39.0 Å². The van der Waals surface area contributed by atoms with Gasteiger partial charge < -0.3 is 14.6 Å². The van der Waals surface area contributed by atoms with Gasteiger partial charge in [-0.2, -0.15) is 0 Å². The highest BCUT2D eigenvalue weighted by Gasteiger charge is 2.25. The van der Waals surface area contributed by atoms with Crippen LogP contribution in [-0.4, -0.2) is 35.6 Å². The maximum atomic E-state index is 13.0. The van der Waals surface area contributed by atoms with Crippen molar-refractivity contribution in [2.24, 2.45) is 0 Å². The van der Waals surface area contributed by atoms with Crippen LogP contribution in [-0.2, 0) is 40.5 Å². The number of nitrogens with one attached hydrogen (secondary N) is 2. The SMILES string of the molecule is CC(C)(C)NS(=O)(=O)c1cc(CO)ccc1NS(=O)CCc1ccc(Cl)cc1OCCc1ccccc1. The number of halogens is 1. The van der Waals surface area contributed by atoms with Gasteiger partial charge in [-0.3, -0.25) is 0 Å². The molecule has 0 aromatic heterocycles. The van der Waals surface area contributed by atoms with E-state index >= 15 is 0 Å². The minimum atomic E-state index is -3.93. The van der Waals surface area contributed by atoms with Gasteiger partial charge in [0.2, 0.25) is 10.0 Å². The third kappa shape index (κ3) is 9.12. The highest BCUT2D eigenvalue weighted by atomic mass is 35.5. The van der Waals surface area contributed by atoms with Crippen LogP contribution in [0, 0.1) is 0 Å². The molecule has 1 unspecified atom stereocenters. The van der Waals surface area contributed by atoms with Crippen LogP contribution in [0.25, 0.3) is 0 Å². The van der Waals surface area contributed by atoms with Crippen LogP contribution in [0.5, 0.6) is 5.75 Å². The fraction of sp³-hybridized carbons (Fsp3) is 0.333. The average molecular weight is 565 g/mol. The summed E-state index contributed by atoms with van der Waals surface area (Å²) in [7, 11) is -5.52. The average Bonchev–Trinajstić information content (AvgIpc) is 2.83. The highest BCUT2D eigenvalue weighted by Crippen LogP contribution is 2.27. The van der Waals surface area contributed by atoms with Gasteiger partial charge in [-0.1, -0.05) is 54.1 Å². The van der Waals surface area contributed by atoms with Gasteiger partial charge in [-0.25, -0.2) is 17.3 Å². The van der Waals surface area contributed by atoms with E-state index in [9.17, 15) is 17.7 Å². The lowest BCUT2D eigenvalue weighted by Crippen LogP contribution is -2.40. The number of hydrogen-bond donors (Lipinski definition) is 3. The Morgan fingerprint density at radius 1 is 0.973 bits per heavy atom. The molecule has 37 heavy (non-hydrogen) atoms. The smallest absolute Gasteiger partial charge is 0.243 e. The van der Waals surface area contributed by atoms with Gasteiger partial charge in [0.1, 0.15) is 21.6 Å². The van der Waals surface area contributed by atoms with Crippen LogP contribution in [0.15, 0.2) is 71.6 Å². The molecule has 0 fully saturated rings. The molecule has 0 saturated heterocycles. The van der Waals surface area contributed by atoms with Gasteiger partial charge in [0, 0.05) is 22.7 Å². The van der Waals surface area contributed by atoms with Gasteiger partial charge >= 0.3 is 0 Å². The third-order valence-corrected chi connectivity index (χ3v) is 8.32. The van der Waals surface area contributed by atoms with Gasteiger partial charge in [-0.15, -0.1) is 0 Å². The monoisotopic (exact) mass is 564 g/mol. The second kappa shape index (κ2) is 12.9. The van der Waals surface area contributed by atoms with E-state index in [1.165, 1.54) is 12.1 Å². The molecule has 1 atom stereocenters. The number of benzene rings is 3. The molecule has 3 aromatic rings. The first-order valence-electron chi connectivity index (χ1n) is 11.8. The van der Waals surface area contributed by atoms with Gasteiger partial charge in [0.05, 0.1) is 18.9 Å². The minimum Gasteiger partial charge on any atom is -0.493 e. The Hall–Kier alpha value is -2.43. The topological polar surface area (TPSA) is 105 Å². The Morgan fingerprint density at radius 2 is 1.70 bits per heavy atom. The molecular formula is C27H33ClN2O5S2. The molecule has 0 saturated carbocycles. The maximum Gasteiger partial charge on any atom is 0.243 e. The molecule has 10 heteroatoms. The van der Waals surface area contributed by atoms with Gasteiger partial charge in [0.25, 0.3) is 0 Å². The molecule has 0 aliphatic carbocycles. The van der Waals surface area contributed by atoms with Crippen LogP contribution in [0.1, 0.15) is 37.5 Å². The molecule has 0 heterocycles. The number of aliphatic hydroxyl groups is 1. The summed E-state index contributed by atoms with van der Waals surface area (Å²) in [4.78, 5) is -0.0706. The van der Waals surface area contributed by atoms with Gasteiger partial charge in [-0.05, 0) is 68.1 Å². The maximum absolute atomic E-state index is 13.0. The fourth-order valence-electron chi connectivity index (χ4n) is 3.60. The normalized spacial score (nSPS) is 12.8. The summed E-state index contributed by atoms with van der Waals surface area (Å²) in [6.45, 7) is 5.36. The molecule has 3 rings (SSSR count). The van der Waals surface area contributed by atoms with Crippen molar-refractivity contribution in [2.45, 2.75) is 50.7 Å². The first kappa shape index (κ1) is 29.1. The number of anilines is 1. The van der Waals surface area contributed by atoms with Gasteiger partial charge in [0.15, 0.2) is 0 Å². The number of aliphatic hydroxyl groups excluding tert-OH is 1. The molecule has 3 aromatic carbocycles. The Kier molecular flexibility index (Phi) is 10.1. The van der Waals surface area contributed by atoms with Crippen molar-refractivity contribution in [2.75, 3.05) is 17.1 Å². The molecule has 0 amide bonds. The quantitative estimate of drug-likeness (QED) is 0.292. The Labute approximate surface area is 226 Å². The van der Waals surface area contributed by atoms with E-state index in [4.69, 9.17) is 16.3 Å². The molecule has 0 radical (unpaired) electrons. The summed E-state index contributed by atoms with van der Waals surface area (Å²) in [5.74, 6) is 0.843.